The number of carbonyl (C=O) groups is 1. The molecule has 104 valence electrons. The molecule has 1 aliphatic heterocycles. The van der Waals surface area contributed by atoms with Gasteiger partial charge in [-0.3, -0.25) is 4.79 Å². The smallest absolute Gasteiger partial charge is 0.251 e. The van der Waals surface area contributed by atoms with Crippen LogP contribution >= 0.6 is 0 Å². The minimum absolute atomic E-state index is 0.0631. The van der Waals surface area contributed by atoms with Crippen LogP contribution in [-0.4, -0.2) is 37.4 Å². The first kappa shape index (κ1) is 13.8. The maximum Gasteiger partial charge on any atom is 0.251 e. The number of nitrogens with one attached hydrogen (secondary N) is 1. The summed E-state index contributed by atoms with van der Waals surface area (Å²) in [5.74, 6) is -0.161. The lowest BCUT2D eigenvalue weighted by Gasteiger charge is -2.35. The number of carbonyl (C=O) groups excluding carboxylic acids is 1. The lowest BCUT2D eigenvalue weighted by Crippen LogP contribution is -2.43. The lowest BCUT2D eigenvalue weighted by atomic mass is 9.81. The summed E-state index contributed by atoms with van der Waals surface area (Å²) in [5, 5.41) is 12.4. The number of aliphatic hydroxyl groups excluding tert-OH is 1. The summed E-state index contributed by atoms with van der Waals surface area (Å²) in [6.07, 6.45) is 1.53. The quantitative estimate of drug-likeness (QED) is 0.702. The van der Waals surface area contributed by atoms with E-state index in [0.29, 0.717) is 31.0 Å². The van der Waals surface area contributed by atoms with E-state index in [1.54, 1.807) is 24.3 Å². The van der Waals surface area contributed by atoms with Crippen molar-refractivity contribution in [2.75, 3.05) is 32.1 Å². The van der Waals surface area contributed by atoms with Gasteiger partial charge >= 0.3 is 0 Å². The zero-order chi connectivity index (χ0) is 13.7. The van der Waals surface area contributed by atoms with Crippen LogP contribution in [0.3, 0.4) is 0 Å². The van der Waals surface area contributed by atoms with Gasteiger partial charge in [0.1, 0.15) is 0 Å². The minimum atomic E-state index is -0.256. The molecule has 0 aromatic heterocycles. The van der Waals surface area contributed by atoms with Crippen LogP contribution < -0.4 is 11.1 Å². The van der Waals surface area contributed by atoms with Crippen LogP contribution in [0.4, 0.5) is 5.69 Å². The molecule has 0 spiro atoms. The fourth-order valence-corrected chi connectivity index (χ4v) is 2.24. The summed E-state index contributed by atoms with van der Waals surface area (Å²) in [7, 11) is 0. The zero-order valence-corrected chi connectivity index (χ0v) is 10.9. The summed E-state index contributed by atoms with van der Waals surface area (Å²) in [6, 6.07) is 6.86. The number of nitrogen functional groups attached to an aromatic ring is 1. The van der Waals surface area contributed by atoms with Crippen molar-refractivity contribution in [3.8, 4) is 0 Å². The number of hydrogen-bond donors (Lipinski definition) is 3. The van der Waals surface area contributed by atoms with Crippen LogP contribution in [0, 0.1) is 5.41 Å². The third-order valence-corrected chi connectivity index (χ3v) is 3.66. The van der Waals surface area contributed by atoms with Crippen LogP contribution in [-0.2, 0) is 4.74 Å². The minimum Gasteiger partial charge on any atom is -0.399 e. The van der Waals surface area contributed by atoms with E-state index in [4.69, 9.17) is 10.5 Å². The Morgan fingerprint density at radius 1 is 1.42 bits per heavy atom. The zero-order valence-electron chi connectivity index (χ0n) is 10.9. The first-order valence-corrected chi connectivity index (χ1v) is 6.48. The van der Waals surface area contributed by atoms with Crippen molar-refractivity contribution in [1.82, 2.24) is 5.32 Å². The van der Waals surface area contributed by atoms with E-state index in [9.17, 15) is 9.90 Å². The van der Waals surface area contributed by atoms with Crippen molar-refractivity contribution in [1.29, 1.82) is 0 Å². The molecule has 1 amide bonds. The highest BCUT2D eigenvalue weighted by molar-refractivity contribution is 5.95. The van der Waals surface area contributed by atoms with Gasteiger partial charge in [-0.05, 0) is 31.0 Å². The Kier molecular flexibility index (Phi) is 4.39. The van der Waals surface area contributed by atoms with Crippen molar-refractivity contribution in [2.45, 2.75) is 12.8 Å². The summed E-state index contributed by atoms with van der Waals surface area (Å²) >= 11 is 0. The van der Waals surface area contributed by atoms with Crippen LogP contribution in [0.15, 0.2) is 24.3 Å². The van der Waals surface area contributed by atoms with E-state index in [0.717, 1.165) is 12.8 Å². The molecule has 1 aromatic rings. The van der Waals surface area contributed by atoms with E-state index in [-0.39, 0.29) is 17.9 Å². The summed E-state index contributed by atoms with van der Waals surface area (Å²) in [4.78, 5) is 12.0. The molecule has 0 bridgehead atoms. The average molecular weight is 264 g/mol. The van der Waals surface area contributed by atoms with Gasteiger partial charge in [-0.15, -0.1) is 0 Å². The summed E-state index contributed by atoms with van der Waals surface area (Å²) in [5.41, 5.74) is 6.50. The molecule has 4 N–H and O–H groups in total. The highest BCUT2D eigenvalue weighted by Crippen LogP contribution is 2.29. The predicted octanol–water partition coefficient (Wildman–Crippen LogP) is 0.788. The van der Waals surface area contributed by atoms with Crippen LogP contribution in [0.25, 0.3) is 0 Å². The lowest BCUT2D eigenvalue weighted by molar-refractivity contribution is -0.0146. The Morgan fingerprint density at radius 2 is 2.16 bits per heavy atom. The number of amides is 1. The Balaban J connectivity index is 1.95. The number of ether oxygens (including phenoxy) is 1. The van der Waals surface area contributed by atoms with Gasteiger partial charge in [0.15, 0.2) is 0 Å². The normalized spacial score (nSPS) is 17.9. The Labute approximate surface area is 112 Å². The Morgan fingerprint density at radius 3 is 2.79 bits per heavy atom. The first-order valence-electron chi connectivity index (χ1n) is 6.48. The number of benzene rings is 1. The molecule has 0 atom stereocenters. The van der Waals surface area contributed by atoms with Gasteiger partial charge in [0.05, 0.1) is 6.61 Å². The number of hydrogen-bond acceptors (Lipinski definition) is 4. The molecule has 0 unspecified atom stereocenters. The molecule has 1 aliphatic rings. The fraction of sp³-hybridized carbons (Fsp3) is 0.500. The van der Waals surface area contributed by atoms with Crippen molar-refractivity contribution in [2.24, 2.45) is 5.41 Å². The van der Waals surface area contributed by atoms with Gasteiger partial charge < -0.3 is 20.9 Å². The molecular formula is C14H20N2O3. The second-order valence-electron chi connectivity index (χ2n) is 5.08. The molecule has 1 aromatic carbocycles. The number of rotatable bonds is 4. The van der Waals surface area contributed by atoms with E-state index >= 15 is 0 Å². The first-order chi connectivity index (χ1) is 9.15. The third kappa shape index (κ3) is 3.45. The number of aliphatic hydroxyl groups is 1. The van der Waals surface area contributed by atoms with Crippen molar-refractivity contribution >= 4 is 11.6 Å². The van der Waals surface area contributed by atoms with Gasteiger partial charge in [-0.1, -0.05) is 6.07 Å². The van der Waals surface area contributed by atoms with Gasteiger partial charge in [-0.25, -0.2) is 0 Å². The fourth-order valence-electron chi connectivity index (χ4n) is 2.24. The molecule has 2 rings (SSSR count). The standard InChI is InChI=1S/C14H20N2O3/c15-12-3-1-2-11(8-12)13(18)16-9-14(10-17)4-6-19-7-5-14/h1-3,8,17H,4-7,9-10,15H2,(H,16,18). The van der Waals surface area contributed by atoms with Crippen molar-refractivity contribution in [3.05, 3.63) is 29.8 Å². The second-order valence-corrected chi connectivity index (χ2v) is 5.08. The topological polar surface area (TPSA) is 84.6 Å². The molecular weight excluding hydrogens is 244 g/mol. The Hall–Kier alpha value is -1.59. The second kappa shape index (κ2) is 6.04. The molecule has 0 saturated carbocycles. The maximum atomic E-state index is 12.0. The molecule has 1 heterocycles. The van der Waals surface area contributed by atoms with Crippen LogP contribution in [0.5, 0.6) is 0 Å². The molecule has 19 heavy (non-hydrogen) atoms. The monoisotopic (exact) mass is 264 g/mol. The van der Waals surface area contributed by atoms with E-state index in [1.165, 1.54) is 0 Å². The van der Waals surface area contributed by atoms with Gasteiger partial charge in [0.2, 0.25) is 0 Å². The molecule has 1 saturated heterocycles. The number of nitrogens with two attached hydrogens (primary N) is 1. The van der Waals surface area contributed by atoms with Gasteiger partial charge in [0, 0.05) is 36.4 Å². The van der Waals surface area contributed by atoms with Crippen LogP contribution in [0.2, 0.25) is 0 Å². The van der Waals surface area contributed by atoms with Crippen LogP contribution in [0.1, 0.15) is 23.2 Å². The average Bonchev–Trinajstić information content (AvgIpc) is 2.46. The Bertz CT molecular complexity index is 442. The molecule has 0 radical (unpaired) electrons. The predicted molar refractivity (Wildman–Crippen MR) is 72.8 cm³/mol. The van der Waals surface area contributed by atoms with Gasteiger partial charge in [0.25, 0.3) is 5.91 Å². The highest BCUT2D eigenvalue weighted by Gasteiger charge is 2.32. The van der Waals surface area contributed by atoms with Crippen molar-refractivity contribution in [3.63, 3.8) is 0 Å². The van der Waals surface area contributed by atoms with E-state index < -0.39 is 0 Å². The van der Waals surface area contributed by atoms with E-state index in [2.05, 4.69) is 5.32 Å². The number of anilines is 1. The molecule has 0 aliphatic carbocycles. The summed E-state index contributed by atoms with van der Waals surface area (Å²) < 4.78 is 5.29. The maximum absolute atomic E-state index is 12.0. The molecule has 1 fully saturated rings. The molecule has 5 nitrogen and oxygen atoms in total. The van der Waals surface area contributed by atoms with E-state index in [1.807, 2.05) is 0 Å². The largest absolute Gasteiger partial charge is 0.399 e. The molecule has 5 heteroatoms. The summed E-state index contributed by atoms with van der Waals surface area (Å²) in [6.45, 7) is 1.79. The third-order valence-electron chi connectivity index (χ3n) is 3.66. The highest BCUT2D eigenvalue weighted by atomic mass is 16.5. The SMILES string of the molecule is Nc1cccc(C(=O)NCC2(CO)CCOCC2)c1. The van der Waals surface area contributed by atoms with Gasteiger partial charge in [-0.2, -0.15) is 0 Å². The van der Waals surface area contributed by atoms with Crippen molar-refractivity contribution < 1.29 is 14.6 Å².